The average molecular weight is 315 g/mol. The molecule has 0 atom stereocenters. The van der Waals surface area contributed by atoms with E-state index in [4.69, 9.17) is 10.3 Å². The summed E-state index contributed by atoms with van der Waals surface area (Å²) in [5.74, 6) is -0.0721. The van der Waals surface area contributed by atoms with Crippen molar-refractivity contribution in [1.29, 1.82) is 0 Å². The van der Waals surface area contributed by atoms with Gasteiger partial charge in [-0.3, -0.25) is 9.35 Å². The van der Waals surface area contributed by atoms with Gasteiger partial charge < -0.3 is 10.7 Å². The summed E-state index contributed by atoms with van der Waals surface area (Å²) >= 11 is 0. The molecule has 0 spiro atoms. The molecule has 0 aliphatic carbocycles. The van der Waals surface area contributed by atoms with Crippen LogP contribution in [0.4, 0.5) is 5.82 Å². The first-order chi connectivity index (χ1) is 9.49. The van der Waals surface area contributed by atoms with Gasteiger partial charge >= 0.3 is 0 Å². The van der Waals surface area contributed by atoms with Crippen molar-refractivity contribution in [2.45, 2.75) is 32.7 Å². The Bertz CT molecular complexity index is 844. The van der Waals surface area contributed by atoms with Crippen LogP contribution in [0.2, 0.25) is 0 Å². The Hall–Kier alpha value is -1.94. The highest BCUT2D eigenvalue weighted by Crippen LogP contribution is 2.20. The SMILES string of the molecule is CC(C)(C)c1nc2nn(CCS(=O)(=O)O)c(N)c2c(=O)[nH]1. The summed E-state index contributed by atoms with van der Waals surface area (Å²) in [6, 6.07) is 0. The molecule has 0 bridgehead atoms. The van der Waals surface area contributed by atoms with E-state index in [2.05, 4.69) is 15.1 Å². The van der Waals surface area contributed by atoms with Crippen molar-refractivity contribution in [3.05, 3.63) is 16.2 Å². The first-order valence-electron chi connectivity index (χ1n) is 6.21. The predicted molar refractivity (Wildman–Crippen MR) is 77.7 cm³/mol. The lowest BCUT2D eigenvalue weighted by Crippen LogP contribution is -2.22. The Morgan fingerprint density at radius 1 is 1.38 bits per heavy atom. The molecular weight excluding hydrogens is 298 g/mol. The number of aryl methyl sites for hydroxylation is 1. The van der Waals surface area contributed by atoms with E-state index in [0.29, 0.717) is 5.82 Å². The predicted octanol–water partition coefficient (Wildman–Crippen LogP) is -0.113. The number of hydrogen-bond acceptors (Lipinski definition) is 6. The molecule has 0 aliphatic rings. The van der Waals surface area contributed by atoms with E-state index < -0.39 is 21.4 Å². The molecular formula is C11H17N5O4S. The summed E-state index contributed by atoms with van der Waals surface area (Å²) in [4.78, 5) is 19.0. The number of aromatic nitrogens is 4. The van der Waals surface area contributed by atoms with Crippen molar-refractivity contribution >= 4 is 27.0 Å². The summed E-state index contributed by atoms with van der Waals surface area (Å²) in [6.07, 6.45) is 0. The molecule has 2 heterocycles. The van der Waals surface area contributed by atoms with Gasteiger partial charge in [-0.15, -0.1) is 0 Å². The van der Waals surface area contributed by atoms with Crippen LogP contribution in [-0.2, 0) is 22.1 Å². The second-order valence-electron chi connectivity index (χ2n) is 5.76. The number of hydrogen-bond donors (Lipinski definition) is 3. The van der Waals surface area contributed by atoms with Crippen LogP contribution in [-0.4, -0.2) is 38.5 Å². The number of nitrogens with one attached hydrogen (secondary N) is 1. The Morgan fingerprint density at radius 2 is 2.00 bits per heavy atom. The van der Waals surface area contributed by atoms with Gasteiger partial charge in [-0.25, -0.2) is 9.67 Å². The van der Waals surface area contributed by atoms with Gasteiger partial charge in [0.1, 0.15) is 17.0 Å². The van der Waals surface area contributed by atoms with Crippen LogP contribution in [0.15, 0.2) is 4.79 Å². The molecule has 4 N–H and O–H groups in total. The Kier molecular flexibility index (Phi) is 3.54. The van der Waals surface area contributed by atoms with Gasteiger partial charge in [0.15, 0.2) is 5.65 Å². The van der Waals surface area contributed by atoms with Gasteiger partial charge in [0, 0.05) is 5.41 Å². The first kappa shape index (κ1) is 15.4. The van der Waals surface area contributed by atoms with Gasteiger partial charge in [-0.05, 0) is 0 Å². The van der Waals surface area contributed by atoms with E-state index in [0.717, 1.165) is 4.68 Å². The second-order valence-corrected chi connectivity index (χ2v) is 7.33. The zero-order valence-electron chi connectivity index (χ0n) is 11.9. The van der Waals surface area contributed by atoms with Crippen LogP contribution >= 0.6 is 0 Å². The fraction of sp³-hybridized carbons (Fsp3) is 0.545. The molecule has 21 heavy (non-hydrogen) atoms. The number of anilines is 1. The van der Waals surface area contributed by atoms with Gasteiger partial charge in [-0.1, -0.05) is 20.8 Å². The van der Waals surface area contributed by atoms with Gasteiger partial charge in [0.25, 0.3) is 15.7 Å². The highest BCUT2D eigenvalue weighted by atomic mass is 32.2. The summed E-state index contributed by atoms with van der Waals surface area (Å²) < 4.78 is 31.5. The fourth-order valence-corrected chi connectivity index (χ4v) is 2.19. The van der Waals surface area contributed by atoms with Crippen molar-refractivity contribution in [3.63, 3.8) is 0 Å². The maximum absolute atomic E-state index is 12.1. The maximum Gasteiger partial charge on any atom is 0.266 e. The molecule has 9 nitrogen and oxygen atoms in total. The van der Waals surface area contributed by atoms with Crippen molar-refractivity contribution in [2.24, 2.45) is 0 Å². The maximum atomic E-state index is 12.1. The summed E-state index contributed by atoms with van der Waals surface area (Å²) in [5.41, 5.74) is 5.14. The molecule has 2 aromatic heterocycles. The lowest BCUT2D eigenvalue weighted by Gasteiger charge is -2.16. The Morgan fingerprint density at radius 3 is 2.52 bits per heavy atom. The second kappa shape index (κ2) is 4.81. The monoisotopic (exact) mass is 315 g/mol. The minimum Gasteiger partial charge on any atom is -0.383 e. The third-order valence-electron chi connectivity index (χ3n) is 2.92. The van der Waals surface area contributed by atoms with Crippen LogP contribution in [0.3, 0.4) is 0 Å². The van der Waals surface area contributed by atoms with Crippen LogP contribution in [0.25, 0.3) is 11.0 Å². The smallest absolute Gasteiger partial charge is 0.266 e. The largest absolute Gasteiger partial charge is 0.383 e. The van der Waals surface area contributed by atoms with Gasteiger partial charge in [0.2, 0.25) is 0 Å². The Labute approximate surface area is 120 Å². The molecule has 2 aromatic rings. The van der Waals surface area contributed by atoms with E-state index in [1.54, 1.807) is 0 Å². The standard InChI is InChI=1S/C11H17N5O4S/c1-11(2,3)10-13-8-6(9(17)14-10)7(12)16(15-8)4-5-21(18,19)20/h4-5,12H2,1-3H3,(H,18,19,20)(H,13,14,15,17). The minimum absolute atomic E-state index is 0.0165. The first-order valence-corrected chi connectivity index (χ1v) is 7.82. The lowest BCUT2D eigenvalue weighted by atomic mass is 9.96. The molecule has 0 saturated heterocycles. The molecule has 0 saturated carbocycles. The topological polar surface area (TPSA) is 144 Å². The summed E-state index contributed by atoms with van der Waals surface area (Å²) in [5, 5.41) is 4.14. The summed E-state index contributed by atoms with van der Waals surface area (Å²) in [6.45, 7) is 5.49. The molecule has 0 amide bonds. The molecule has 0 fully saturated rings. The number of nitrogens with two attached hydrogens (primary N) is 1. The van der Waals surface area contributed by atoms with Crippen LogP contribution in [0, 0.1) is 0 Å². The highest BCUT2D eigenvalue weighted by molar-refractivity contribution is 7.85. The lowest BCUT2D eigenvalue weighted by molar-refractivity contribution is 0.476. The van der Waals surface area contributed by atoms with Crippen molar-refractivity contribution in [3.8, 4) is 0 Å². The van der Waals surface area contributed by atoms with E-state index >= 15 is 0 Å². The van der Waals surface area contributed by atoms with E-state index in [-0.39, 0.29) is 28.8 Å². The Balaban J connectivity index is 2.55. The normalized spacial score (nSPS) is 13.0. The number of nitrogen functional groups attached to an aromatic ring is 1. The zero-order chi connectivity index (χ0) is 16.0. The highest BCUT2D eigenvalue weighted by Gasteiger charge is 2.21. The third kappa shape index (κ3) is 3.22. The summed E-state index contributed by atoms with van der Waals surface area (Å²) in [7, 11) is -4.14. The van der Waals surface area contributed by atoms with E-state index in [1.807, 2.05) is 20.8 Å². The average Bonchev–Trinajstić information content (AvgIpc) is 2.62. The van der Waals surface area contributed by atoms with Crippen molar-refractivity contribution in [1.82, 2.24) is 19.7 Å². The van der Waals surface area contributed by atoms with Crippen molar-refractivity contribution < 1.29 is 13.0 Å². The molecule has 0 aromatic carbocycles. The zero-order valence-corrected chi connectivity index (χ0v) is 12.7. The number of nitrogens with zero attached hydrogens (tertiary/aromatic N) is 3. The van der Waals surface area contributed by atoms with Gasteiger partial charge in [-0.2, -0.15) is 13.5 Å². The number of fused-ring (bicyclic) bond motifs is 1. The fourth-order valence-electron chi connectivity index (χ4n) is 1.79. The number of H-pyrrole nitrogens is 1. The molecule has 2 rings (SSSR count). The van der Waals surface area contributed by atoms with Crippen LogP contribution in [0.5, 0.6) is 0 Å². The quantitative estimate of drug-likeness (QED) is 0.670. The molecule has 0 radical (unpaired) electrons. The number of aromatic amines is 1. The molecule has 0 aliphatic heterocycles. The molecule has 10 heteroatoms. The molecule has 116 valence electrons. The van der Waals surface area contributed by atoms with Crippen LogP contribution in [0.1, 0.15) is 26.6 Å². The van der Waals surface area contributed by atoms with Gasteiger partial charge in [0.05, 0.1) is 12.3 Å². The van der Waals surface area contributed by atoms with Crippen LogP contribution < -0.4 is 11.3 Å². The third-order valence-corrected chi connectivity index (χ3v) is 3.62. The van der Waals surface area contributed by atoms with Crippen molar-refractivity contribution in [2.75, 3.05) is 11.5 Å². The van der Waals surface area contributed by atoms with E-state index in [9.17, 15) is 13.2 Å². The number of rotatable bonds is 3. The molecule has 0 unspecified atom stereocenters. The minimum atomic E-state index is -4.14. The van der Waals surface area contributed by atoms with E-state index in [1.165, 1.54) is 0 Å².